The number of hydrogen-bond donors (Lipinski definition) is 4. The molecule has 0 atom stereocenters. The van der Waals surface area contributed by atoms with E-state index in [1.165, 1.54) is 18.2 Å². The zero-order chi connectivity index (χ0) is 15.2. The zero-order valence-corrected chi connectivity index (χ0v) is 12.0. The summed E-state index contributed by atoms with van der Waals surface area (Å²) in [6, 6.07) is 10.9. The molecule has 4 N–H and O–H groups in total. The van der Waals surface area contributed by atoms with Crippen molar-refractivity contribution < 1.29 is 14.6 Å². The lowest BCUT2D eigenvalue weighted by Gasteiger charge is -2.11. The van der Waals surface area contributed by atoms with E-state index in [2.05, 4.69) is 10.6 Å². The summed E-state index contributed by atoms with van der Waals surface area (Å²) in [6.07, 6.45) is 0.604. The fourth-order valence-corrected chi connectivity index (χ4v) is 1.99. The van der Waals surface area contributed by atoms with Crippen molar-refractivity contribution in [3.63, 3.8) is 0 Å². The van der Waals surface area contributed by atoms with Crippen LogP contribution >= 0.6 is 12.2 Å². The van der Waals surface area contributed by atoms with Crippen molar-refractivity contribution in [3.05, 3.63) is 53.8 Å². The van der Waals surface area contributed by atoms with Gasteiger partial charge in [0.15, 0.2) is 16.6 Å². The molecule has 0 bridgehead atoms. The first-order valence-corrected chi connectivity index (χ1v) is 6.77. The van der Waals surface area contributed by atoms with Gasteiger partial charge in [-0.25, -0.2) is 4.39 Å². The predicted molar refractivity (Wildman–Crippen MR) is 84.1 cm³/mol. The molecule has 0 fully saturated rings. The minimum absolute atomic E-state index is 0.150. The molecule has 0 heterocycles. The number of phenols is 2. The van der Waals surface area contributed by atoms with E-state index in [4.69, 9.17) is 12.2 Å². The van der Waals surface area contributed by atoms with Crippen LogP contribution in [0.3, 0.4) is 0 Å². The number of nitrogens with one attached hydrogen (secondary N) is 2. The summed E-state index contributed by atoms with van der Waals surface area (Å²) in [6.45, 7) is 0.518. The molecule has 2 rings (SSSR count). The maximum atomic E-state index is 13.4. The van der Waals surface area contributed by atoms with Crippen LogP contribution in [-0.2, 0) is 6.42 Å². The Bertz CT molecular complexity index is 649. The summed E-state index contributed by atoms with van der Waals surface area (Å²) in [5, 5.41) is 24.6. The molecule has 0 saturated heterocycles. The lowest BCUT2D eigenvalue weighted by atomic mass is 10.1. The standard InChI is InChI=1S/C15H15FN2O2S/c16-11-3-1-2-4-12(11)18-15(21)17-8-7-10-5-6-13(19)14(20)9-10/h1-6,9,19-20H,7-8H2,(H2,17,18,21). The number of phenolic OH excluding ortho intramolecular Hbond substituents is 2. The smallest absolute Gasteiger partial charge is 0.170 e. The molecular formula is C15H15FN2O2S. The van der Waals surface area contributed by atoms with Crippen LogP contribution in [0.25, 0.3) is 0 Å². The largest absolute Gasteiger partial charge is 0.504 e. The number of halogens is 1. The highest BCUT2D eigenvalue weighted by Crippen LogP contribution is 2.24. The van der Waals surface area contributed by atoms with Gasteiger partial charge in [-0.3, -0.25) is 0 Å². The third-order valence-corrected chi connectivity index (χ3v) is 3.11. The minimum Gasteiger partial charge on any atom is -0.504 e. The third-order valence-electron chi connectivity index (χ3n) is 2.86. The Morgan fingerprint density at radius 3 is 2.57 bits per heavy atom. The molecule has 2 aromatic carbocycles. The molecule has 0 radical (unpaired) electrons. The van der Waals surface area contributed by atoms with Crippen LogP contribution in [0.15, 0.2) is 42.5 Å². The van der Waals surface area contributed by atoms with Crippen LogP contribution in [0.2, 0.25) is 0 Å². The maximum absolute atomic E-state index is 13.4. The van der Waals surface area contributed by atoms with Crippen LogP contribution in [0.1, 0.15) is 5.56 Å². The lowest BCUT2D eigenvalue weighted by Crippen LogP contribution is -2.30. The molecule has 0 aliphatic heterocycles. The van der Waals surface area contributed by atoms with Gasteiger partial charge in [0.25, 0.3) is 0 Å². The second-order valence-electron chi connectivity index (χ2n) is 4.43. The van der Waals surface area contributed by atoms with Gasteiger partial charge >= 0.3 is 0 Å². The molecule has 0 aliphatic carbocycles. The SMILES string of the molecule is Oc1ccc(CCNC(=S)Nc2ccccc2F)cc1O. The van der Waals surface area contributed by atoms with Crippen molar-refractivity contribution in [1.82, 2.24) is 5.32 Å². The van der Waals surface area contributed by atoms with Crippen molar-refractivity contribution in [3.8, 4) is 11.5 Å². The number of thiocarbonyl (C=S) groups is 1. The van der Waals surface area contributed by atoms with Gasteiger partial charge in [-0.1, -0.05) is 18.2 Å². The Balaban J connectivity index is 1.82. The van der Waals surface area contributed by atoms with E-state index in [9.17, 15) is 14.6 Å². The Morgan fingerprint density at radius 2 is 1.86 bits per heavy atom. The quantitative estimate of drug-likeness (QED) is 0.517. The molecule has 2 aromatic rings. The van der Waals surface area contributed by atoms with E-state index in [0.717, 1.165) is 5.56 Å². The average Bonchev–Trinajstić information content (AvgIpc) is 2.45. The fourth-order valence-electron chi connectivity index (χ4n) is 1.77. The molecule has 0 spiro atoms. The molecule has 0 aliphatic rings. The van der Waals surface area contributed by atoms with Crippen molar-refractivity contribution >= 4 is 23.0 Å². The second-order valence-corrected chi connectivity index (χ2v) is 4.84. The van der Waals surface area contributed by atoms with E-state index in [-0.39, 0.29) is 17.3 Å². The van der Waals surface area contributed by atoms with Crippen LogP contribution in [0.5, 0.6) is 11.5 Å². The maximum Gasteiger partial charge on any atom is 0.170 e. The summed E-state index contributed by atoms with van der Waals surface area (Å²) < 4.78 is 13.4. The van der Waals surface area contributed by atoms with Gasteiger partial charge in [0.05, 0.1) is 5.69 Å². The predicted octanol–water partition coefficient (Wildman–Crippen LogP) is 2.77. The van der Waals surface area contributed by atoms with Crippen LogP contribution < -0.4 is 10.6 Å². The zero-order valence-electron chi connectivity index (χ0n) is 11.1. The van der Waals surface area contributed by atoms with Gasteiger partial charge in [-0.2, -0.15) is 0 Å². The first-order chi connectivity index (χ1) is 10.1. The third kappa shape index (κ3) is 4.32. The minimum atomic E-state index is -0.370. The van der Waals surface area contributed by atoms with Crippen molar-refractivity contribution in [2.45, 2.75) is 6.42 Å². The molecule has 4 nitrogen and oxygen atoms in total. The molecule has 110 valence electrons. The Labute approximate surface area is 127 Å². The van der Waals surface area contributed by atoms with Gasteiger partial charge in [-0.05, 0) is 48.5 Å². The summed E-state index contributed by atoms with van der Waals surface area (Å²) in [5.74, 6) is -0.673. The van der Waals surface area contributed by atoms with Crippen molar-refractivity contribution in [2.24, 2.45) is 0 Å². The molecule has 0 saturated carbocycles. The number of aromatic hydroxyl groups is 2. The topological polar surface area (TPSA) is 64.5 Å². The van der Waals surface area contributed by atoms with E-state index in [1.54, 1.807) is 24.3 Å². The van der Waals surface area contributed by atoms with E-state index in [1.807, 2.05) is 0 Å². The molecule has 0 aromatic heterocycles. The highest BCUT2D eigenvalue weighted by Gasteiger charge is 2.04. The fraction of sp³-hybridized carbons (Fsp3) is 0.133. The second kappa shape index (κ2) is 6.90. The number of rotatable bonds is 4. The lowest BCUT2D eigenvalue weighted by molar-refractivity contribution is 0.403. The Hall–Kier alpha value is -2.34. The van der Waals surface area contributed by atoms with Crippen LogP contribution in [0, 0.1) is 5.82 Å². The summed E-state index contributed by atoms with van der Waals surface area (Å²) in [7, 11) is 0. The molecule has 21 heavy (non-hydrogen) atoms. The first kappa shape index (κ1) is 15.1. The monoisotopic (exact) mass is 306 g/mol. The van der Waals surface area contributed by atoms with E-state index < -0.39 is 0 Å². The van der Waals surface area contributed by atoms with Crippen molar-refractivity contribution in [2.75, 3.05) is 11.9 Å². The summed E-state index contributed by atoms with van der Waals surface area (Å²) >= 11 is 5.08. The Kier molecular flexibility index (Phi) is 4.94. The molecule has 0 amide bonds. The summed E-state index contributed by atoms with van der Waals surface area (Å²) in [5.41, 5.74) is 1.17. The van der Waals surface area contributed by atoms with Crippen molar-refractivity contribution in [1.29, 1.82) is 0 Å². The highest BCUT2D eigenvalue weighted by molar-refractivity contribution is 7.80. The normalized spacial score (nSPS) is 10.1. The first-order valence-electron chi connectivity index (χ1n) is 6.36. The van der Waals surface area contributed by atoms with Gasteiger partial charge < -0.3 is 20.8 Å². The van der Waals surface area contributed by atoms with Gasteiger partial charge in [0.1, 0.15) is 5.82 Å². The van der Waals surface area contributed by atoms with E-state index >= 15 is 0 Å². The summed E-state index contributed by atoms with van der Waals surface area (Å²) in [4.78, 5) is 0. The molecular weight excluding hydrogens is 291 g/mol. The van der Waals surface area contributed by atoms with Gasteiger partial charge in [-0.15, -0.1) is 0 Å². The van der Waals surface area contributed by atoms with Gasteiger partial charge in [0, 0.05) is 6.54 Å². The number of para-hydroxylation sites is 1. The van der Waals surface area contributed by atoms with Crippen LogP contribution in [0.4, 0.5) is 10.1 Å². The number of hydrogen-bond acceptors (Lipinski definition) is 3. The highest BCUT2D eigenvalue weighted by atomic mass is 32.1. The number of benzene rings is 2. The average molecular weight is 306 g/mol. The van der Waals surface area contributed by atoms with Crippen LogP contribution in [-0.4, -0.2) is 21.9 Å². The number of anilines is 1. The Morgan fingerprint density at radius 1 is 1.10 bits per heavy atom. The molecule has 0 unspecified atom stereocenters. The van der Waals surface area contributed by atoms with Gasteiger partial charge in [0.2, 0.25) is 0 Å². The molecule has 6 heteroatoms. The van der Waals surface area contributed by atoms with E-state index in [0.29, 0.717) is 23.8 Å².